The van der Waals surface area contributed by atoms with Crippen LogP contribution in [0.3, 0.4) is 0 Å². The molecule has 0 fully saturated rings. The molecule has 3 rings (SSSR count). The van der Waals surface area contributed by atoms with Crippen molar-refractivity contribution in [1.29, 1.82) is 5.26 Å². The van der Waals surface area contributed by atoms with Crippen LogP contribution in [0, 0.1) is 11.3 Å². The maximum Gasteiger partial charge on any atom is 0.336 e. The second kappa shape index (κ2) is 4.86. The molecule has 0 aliphatic rings. The number of pyridine rings is 1. The average molecular weight is 293 g/mol. The molecule has 3 aromatic rings. The van der Waals surface area contributed by atoms with Crippen LogP contribution in [0.1, 0.15) is 15.9 Å². The number of aromatic nitrogens is 3. The van der Waals surface area contributed by atoms with Crippen LogP contribution in [-0.4, -0.2) is 25.8 Å². The molecule has 7 nitrogen and oxygen atoms in total. The first-order valence-electron chi connectivity index (χ1n) is 6.37. The van der Waals surface area contributed by atoms with Crippen molar-refractivity contribution in [2.45, 2.75) is 0 Å². The molecule has 0 bridgehead atoms. The lowest BCUT2D eigenvalue weighted by atomic mass is 10.0. The van der Waals surface area contributed by atoms with Crippen molar-refractivity contribution < 1.29 is 9.90 Å². The fourth-order valence-corrected chi connectivity index (χ4v) is 2.25. The van der Waals surface area contributed by atoms with E-state index in [1.165, 1.54) is 10.7 Å². The standard InChI is InChI=1S/C15H11N5O2/c1-20-7-11-10(15(21)22)5-13(18-14(11)19-20)8-2-3-12(17)9(4-8)6-16/h2-5,7H,17H2,1H3,(H,21,22). The molecule has 108 valence electrons. The Hall–Kier alpha value is -3.40. The smallest absolute Gasteiger partial charge is 0.336 e. The zero-order valence-corrected chi connectivity index (χ0v) is 11.6. The molecule has 0 aliphatic carbocycles. The molecule has 0 spiro atoms. The summed E-state index contributed by atoms with van der Waals surface area (Å²) >= 11 is 0. The second-order valence-corrected chi connectivity index (χ2v) is 4.81. The molecule has 2 heterocycles. The fraction of sp³-hybridized carbons (Fsp3) is 0.0667. The molecule has 0 atom stereocenters. The Balaban J connectivity index is 2.27. The number of fused-ring (bicyclic) bond motifs is 1. The highest BCUT2D eigenvalue weighted by atomic mass is 16.4. The van der Waals surface area contributed by atoms with Gasteiger partial charge < -0.3 is 10.8 Å². The van der Waals surface area contributed by atoms with Crippen molar-refractivity contribution in [2.75, 3.05) is 5.73 Å². The Labute approximate surface area is 125 Å². The highest BCUT2D eigenvalue weighted by Crippen LogP contribution is 2.26. The molecule has 0 aliphatic heterocycles. The summed E-state index contributed by atoms with van der Waals surface area (Å²) < 4.78 is 1.51. The lowest BCUT2D eigenvalue weighted by Gasteiger charge is -2.05. The van der Waals surface area contributed by atoms with Crippen LogP contribution in [0.25, 0.3) is 22.3 Å². The summed E-state index contributed by atoms with van der Waals surface area (Å²) in [7, 11) is 1.70. The second-order valence-electron chi connectivity index (χ2n) is 4.81. The van der Waals surface area contributed by atoms with Gasteiger partial charge in [0.1, 0.15) is 6.07 Å². The number of nitrogens with zero attached hydrogens (tertiary/aromatic N) is 4. The van der Waals surface area contributed by atoms with Gasteiger partial charge in [-0.25, -0.2) is 9.78 Å². The number of nitrogens with two attached hydrogens (primary N) is 1. The van der Waals surface area contributed by atoms with E-state index in [9.17, 15) is 9.90 Å². The number of nitrogen functional groups attached to an aromatic ring is 1. The van der Waals surface area contributed by atoms with Crippen molar-refractivity contribution in [3.8, 4) is 17.3 Å². The minimum absolute atomic E-state index is 0.114. The molecule has 22 heavy (non-hydrogen) atoms. The minimum atomic E-state index is -1.06. The first kappa shape index (κ1) is 13.6. The third-order valence-electron chi connectivity index (χ3n) is 3.31. The Morgan fingerprint density at radius 3 is 2.86 bits per heavy atom. The number of nitriles is 1. The lowest BCUT2D eigenvalue weighted by molar-refractivity contribution is 0.0699. The molecule has 0 saturated carbocycles. The van der Waals surface area contributed by atoms with Crippen molar-refractivity contribution in [1.82, 2.24) is 14.8 Å². The van der Waals surface area contributed by atoms with Crippen molar-refractivity contribution in [3.05, 3.63) is 41.6 Å². The SMILES string of the molecule is Cn1cc2c(C(=O)O)cc(-c3ccc(N)c(C#N)c3)nc2n1. The normalized spacial score (nSPS) is 10.5. The summed E-state index contributed by atoms with van der Waals surface area (Å²) in [5.74, 6) is -1.06. The maximum absolute atomic E-state index is 11.4. The number of carbonyl (C=O) groups is 1. The highest BCUT2D eigenvalue weighted by molar-refractivity contribution is 6.02. The number of anilines is 1. The van der Waals surface area contributed by atoms with E-state index >= 15 is 0 Å². The lowest BCUT2D eigenvalue weighted by Crippen LogP contribution is -2.00. The summed E-state index contributed by atoms with van der Waals surface area (Å²) in [6.07, 6.45) is 1.61. The van der Waals surface area contributed by atoms with Gasteiger partial charge in [0.25, 0.3) is 0 Å². The zero-order chi connectivity index (χ0) is 15.9. The molecule has 2 aromatic heterocycles. The van der Waals surface area contributed by atoms with Crippen LogP contribution in [0.2, 0.25) is 0 Å². The monoisotopic (exact) mass is 293 g/mol. The molecular formula is C15H11N5O2. The maximum atomic E-state index is 11.4. The van der Waals surface area contributed by atoms with Crippen LogP contribution < -0.4 is 5.73 Å². The summed E-state index contributed by atoms with van der Waals surface area (Å²) in [5.41, 5.74) is 7.88. The Morgan fingerprint density at radius 2 is 2.18 bits per heavy atom. The molecule has 1 aromatic carbocycles. The number of aryl methyl sites for hydroxylation is 1. The van der Waals surface area contributed by atoms with Crippen LogP contribution in [0.15, 0.2) is 30.5 Å². The van der Waals surface area contributed by atoms with Gasteiger partial charge in [-0.1, -0.05) is 6.07 Å². The van der Waals surface area contributed by atoms with Gasteiger partial charge in [0.15, 0.2) is 5.65 Å². The van der Waals surface area contributed by atoms with Crippen LogP contribution in [-0.2, 0) is 7.05 Å². The molecule has 0 unspecified atom stereocenters. The van der Waals surface area contributed by atoms with Gasteiger partial charge in [0.2, 0.25) is 0 Å². The fourth-order valence-electron chi connectivity index (χ4n) is 2.25. The summed E-state index contributed by atoms with van der Waals surface area (Å²) in [6.45, 7) is 0. The molecule has 7 heteroatoms. The number of carboxylic acid groups (broad SMARTS) is 1. The van der Waals surface area contributed by atoms with Crippen molar-refractivity contribution >= 4 is 22.7 Å². The topological polar surface area (TPSA) is 118 Å². The summed E-state index contributed by atoms with van der Waals surface area (Å²) in [6, 6.07) is 8.34. The van der Waals surface area contributed by atoms with Crippen LogP contribution in [0.5, 0.6) is 0 Å². The minimum Gasteiger partial charge on any atom is -0.478 e. The largest absolute Gasteiger partial charge is 0.478 e. The van der Waals surface area contributed by atoms with Gasteiger partial charge in [-0.15, -0.1) is 0 Å². The van der Waals surface area contributed by atoms with Gasteiger partial charge >= 0.3 is 5.97 Å². The number of aromatic carboxylic acids is 1. The zero-order valence-electron chi connectivity index (χ0n) is 11.6. The average Bonchev–Trinajstić information content (AvgIpc) is 2.86. The molecule has 0 saturated heterocycles. The van der Waals surface area contributed by atoms with Crippen LogP contribution >= 0.6 is 0 Å². The number of hydrogen-bond donors (Lipinski definition) is 2. The van der Waals surface area contributed by atoms with E-state index < -0.39 is 5.97 Å². The Bertz CT molecular complexity index is 952. The van der Waals surface area contributed by atoms with E-state index in [4.69, 9.17) is 11.0 Å². The number of hydrogen-bond acceptors (Lipinski definition) is 5. The van der Waals surface area contributed by atoms with E-state index in [1.54, 1.807) is 31.4 Å². The Morgan fingerprint density at radius 1 is 1.41 bits per heavy atom. The van der Waals surface area contributed by atoms with Gasteiger partial charge in [-0.2, -0.15) is 10.4 Å². The molecule has 0 amide bonds. The number of carboxylic acids is 1. The number of benzene rings is 1. The highest BCUT2D eigenvalue weighted by Gasteiger charge is 2.16. The third-order valence-corrected chi connectivity index (χ3v) is 3.31. The van der Waals surface area contributed by atoms with E-state index in [0.29, 0.717) is 33.5 Å². The van der Waals surface area contributed by atoms with E-state index in [2.05, 4.69) is 10.1 Å². The predicted octanol–water partition coefficient (Wildman–Crippen LogP) is 1.79. The van der Waals surface area contributed by atoms with E-state index in [0.717, 1.165) is 0 Å². The first-order chi connectivity index (χ1) is 10.5. The summed E-state index contributed by atoms with van der Waals surface area (Å²) in [5, 5.41) is 23.0. The predicted molar refractivity (Wildman–Crippen MR) is 80.0 cm³/mol. The van der Waals surface area contributed by atoms with Crippen molar-refractivity contribution in [3.63, 3.8) is 0 Å². The van der Waals surface area contributed by atoms with E-state index in [-0.39, 0.29) is 5.56 Å². The van der Waals surface area contributed by atoms with E-state index in [1.807, 2.05) is 6.07 Å². The van der Waals surface area contributed by atoms with Crippen molar-refractivity contribution in [2.24, 2.45) is 7.05 Å². The molecular weight excluding hydrogens is 282 g/mol. The third kappa shape index (κ3) is 2.13. The van der Waals surface area contributed by atoms with Gasteiger partial charge in [0, 0.05) is 24.5 Å². The van der Waals surface area contributed by atoms with Gasteiger partial charge in [0.05, 0.1) is 22.2 Å². The molecule has 3 N–H and O–H groups in total. The molecule has 0 radical (unpaired) electrons. The van der Waals surface area contributed by atoms with Crippen LogP contribution in [0.4, 0.5) is 5.69 Å². The quantitative estimate of drug-likeness (QED) is 0.695. The van der Waals surface area contributed by atoms with Gasteiger partial charge in [-0.3, -0.25) is 4.68 Å². The summed E-state index contributed by atoms with van der Waals surface area (Å²) in [4.78, 5) is 15.8. The first-order valence-corrected chi connectivity index (χ1v) is 6.37. The number of rotatable bonds is 2. The Kier molecular flexibility index (Phi) is 3.00. The van der Waals surface area contributed by atoms with Gasteiger partial charge in [-0.05, 0) is 18.2 Å².